The van der Waals surface area contributed by atoms with E-state index in [2.05, 4.69) is 25.7 Å². The predicted octanol–water partition coefficient (Wildman–Crippen LogP) is 2.67. The second kappa shape index (κ2) is 5.59. The van der Waals surface area contributed by atoms with Crippen LogP contribution in [0.5, 0.6) is 0 Å². The van der Waals surface area contributed by atoms with Crippen molar-refractivity contribution in [1.82, 2.24) is 4.90 Å². The van der Waals surface area contributed by atoms with E-state index in [1.54, 1.807) is 12.1 Å². The van der Waals surface area contributed by atoms with Crippen LogP contribution in [0, 0.1) is 17.7 Å². The van der Waals surface area contributed by atoms with Crippen molar-refractivity contribution < 1.29 is 4.39 Å². The maximum atomic E-state index is 13.3. The zero-order chi connectivity index (χ0) is 14.0. The molecule has 0 radical (unpaired) electrons. The van der Waals surface area contributed by atoms with Crippen molar-refractivity contribution in [3.8, 4) is 0 Å². The number of benzene rings is 1. The highest BCUT2D eigenvalue weighted by Gasteiger charge is 2.37. The lowest BCUT2D eigenvalue weighted by Gasteiger charge is -2.38. The Hall–Kier alpha value is -0.930. The Morgan fingerprint density at radius 1 is 1.32 bits per heavy atom. The molecule has 0 amide bonds. The minimum atomic E-state index is -0.167. The number of likely N-dealkylation sites (tertiary alicyclic amines) is 1. The molecule has 106 valence electrons. The lowest BCUT2D eigenvalue weighted by molar-refractivity contribution is 0.135. The molecule has 2 nitrogen and oxygen atoms in total. The third-order valence-electron chi connectivity index (χ3n) is 4.67. The summed E-state index contributed by atoms with van der Waals surface area (Å²) in [6.45, 7) is 9.56. The van der Waals surface area contributed by atoms with Crippen molar-refractivity contribution in [2.24, 2.45) is 17.6 Å². The molecule has 1 aliphatic heterocycles. The first-order valence-corrected chi connectivity index (χ1v) is 7.14. The summed E-state index contributed by atoms with van der Waals surface area (Å²) < 4.78 is 13.3. The SMILES string of the molecule is CC1CN(C(C)(CN)Cc2cccc(F)c2)CC1C. The molecule has 0 aliphatic carbocycles. The summed E-state index contributed by atoms with van der Waals surface area (Å²) in [5, 5.41) is 0. The maximum absolute atomic E-state index is 13.3. The van der Waals surface area contributed by atoms with Gasteiger partial charge in [0, 0.05) is 25.2 Å². The fraction of sp³-hybridized carbons (Fsp3) is 0.625. The maximum Gasteiger partial charge on any atom is 0.123 e. The van der Waals surface area contributed by atoms with Gasteiger partial charge in [0.15, 0.2) is 0 Å². The number of nitrogens with zero attached hydrogens (tertiary/aromatic N) is 1. The number of nitrogens with two attached hydrogens (primary N) is 1. The molecule has 3 heteroatoms. The van der Waals surface area contributed by atoms with Gasteiger partial charge in [-0.25, -0.2) is 4.39 Å². The van der Waals surface area contributed by atoms with Gasteiger partial charge in [-0.1, -0.05) is 26.0 Å². The van der Waals surface area contributed by atoms with E-state index in [-0.39, 0.29) is 11.4 Å². The molecule has 1 aromatic rings. The highest BCUT2D eigenvalue weighted by atomic mass is 19.1. The van der Waals surface area contributed by atoms with Crippen molar-refractivity contribution >= 4 is 0 Å². The standard InChI is InChI=1S/C16H25FN2/c1-12-9-19(10-13(12)2)16(3,11-18)8-14-5-4-6-15(17)7-14/h4-7,12-13H,8-11,18H2,1-3H3. The van der Waals surface area contributed by atoms with E-state index in [0.717, 1.165) is 25.1 Å². The Morgan fingerprint density at radius 3 is 2.47 bits per heavy atom. The van der Waals surface area contributed by atoms with Gasteiger partial charge in [-0.05, 0) is 42.9 Å². The minimum Gasteiger partial charge on any atom is -0.329 e. The lowest BCUT2D eigenvalue weighted by Crippen LogP contribution is -2.52. The van der Waals surface area contributed by atoms with Gasteiger partial charge in [0.25, 0.3) is 0 Å². The van der Waals surface area contributed by atoms with Crippen LogP contribution >= 0.6 is 0 Å². The monoisotopic (exact) mass is 264 g/mol. The predicted molar refractivity (Wildman–Crippen MR) is 77.5 cm³/mol. The van der Waals surface area contributed by atoms with Gasteiger partial charge in [0.1, 0.15) is 5.82 Å². The van der Waals surface area contributed by atoms with Crippen LogP contribution in [0.1, 0.15) is 26.3 Å². The van der Waals surface area contributed by atoms with Gasteiger partial charge in [-0.2, -0.15) is 0 Å². The third kappa shape index (κ3) is 3.15. The van der Waals surface area contributed by atoms with Gasteiger partial charge in [0.2, 0.25) is 0 Å². The zero-order valence-electron chi connectivity index (χ0n) is 12.2. The number of halogens is 1. The number of rotatable bonds is 4. The third-order valence-corrected chi connectivity index (χ3v) is 4.67. The first-order chi connectivity index (χ1) is 8.94. The van der Waals surface area contributed by atoms with Crippen LogP contribution in [0.25, 0.3) is 0 Å². The largest absolute Gasteiger partial charge is 0.329 e. The molecule has 2 rings (SSSR count). The van der Waals surface area contributed by atoms with Gasteiger partial charge >= 0.3 is 0 Å². The summed E-state index contributed by atoms with van der Waals surface area (Å²) in [6.07, 6.45) is 0.806. The van der Waals surface area contributed by atoms with Crippen LogP contribution < -0.4 is 5.73 Å². The molecule has 3 atom stereocenters. The number of hydrogen-bond acceptors (Lipinski definition) is 2. The average Bonchev–Trinajstić information content (AvgIpc) is 2.70. The van der Waals surface area contributed by atoms with E-state index < -0.39 is 0 Å². The Kier molecular flexibility index (Phi) is 4.26. The van der Waals surface area contributed by atoms with E-state index in [0.29, 0.717) is 18.4 Å². The summed E-state index contributed by atoms with van der Waals surface area (Å²) in [5.74, 6) is 1.25. The van der Waals surface area contributed by atoms with Gasteiger partial charge < -0.3 is 5.73 Å². The summed E-state index contributed by atoms with van der Waals surface area (Å²) in [7, 11) is 0. The molecular weight excluding hydrogens is 239 g/mol. The van der Waals surface area contributed by atoms with Gasteiger partial charge in [-0.3, -0.25) is 4.90 Å². The van der Waals surface area contributed by atoms with Crippen LogP contribution in [-0.2, 0) is 6.42 Å². The normalized spacial score (nSPS) is 27.4. The summed E-state index contributed by atoms with van der Waals surface area (Å²) in [5.41, 5.74) is 6.98. The minimum absolute atomic E-state index is 0.0766. The van der Waals surface area contributed by atoms with Gasteiger partial charge in [0.05, 0.1) is 0 Å². The molecule has 1 saturated heterocycles. The van der Waals surface area contributed by atoms with E-state index in [9.17, 15) is 4.39 Å². The van der Waals surface area contributed by atoms with Crippen molar-refractivity contribution in [2.45, 2.75) is 32.7 Å². The Balaban J connectivity index is 2.14. The van der Waals surface area contributed by atoms with Crippen molar-refractivity contribution in [3.05, 3.63) is 35.6 Å². The van der Waals surface area contributed by atoms with Gasteiger partial charge in [-0.15, -0.1) is 0 Å². The lowest BCUT2D eigenvalue weighted by atomic mass is 9.91. The van der Waals surface area contributed by atoms with Crippen LogP contribution in [0.3, 0.4) is 0 Å². The van der Waals surface area contributed by atoms with Crippen LogP contribution in [0.4, 0.5) is 4.39 Å². The molecule has 0 spiro atoms. The molecule has 1 heterocycles. The summed E-state index contributed by atoms with van der Waals surface area (Å²) in [4.78, 5) is 2.48. The van der Waals surface area contributed by atoms with Crippen molar-refractivity contribution in [3.63, 3.8) is 0 Å². The zero-order valence-corrected chi connectivity index (χ0v) is 12.2. The Labute approximate surface area is 115 Å². The van der Waals surface area contributed by atoms with Crippen LogP contribution in [0.15, 0.2) is 24.3 Å². The second-order valence-corrected chi connectivity index (χ2v) is 6.37. The topological polar surface area (TPSA) is 29.3 Å². The molecule has 0 aromatic heterocycles. The molecular formula is C16H25FN2. The molecule has 1 aliphatic rings. The molecule has 3 unspecified atom stereocenters. The molecule has 2 N–H and O–H groups in total. The first-order valence-electron chi connectivity index (χ1n) is 7.14. The van der Waals surface area contributed by atoms with Crippen LogP contribution in [-0.4, -0.2) is 30.1 Å². The van der Waals surface area contributed by atoms with E-state index in [1.807, 2.05) is 6.07 Å². The van der Waals surface area contributed by atoms with E-state index >= 15 is 0 Å². The Bertz CT molecular complexity index is 425. The summed E-state index contributed by atoms with van der Waals surface area (Å²) >= 11 is 0. The van der Waals surface area contributed by atoms with E-state index in [1.165, 1.54) is 6.07 Å². The van der Waals surface area contributed by atoms with E-state index in [4.69, 9.17) is 5.73 Å². The highest BCUT2D eigenvalue weighted by molar-refractivity contribution is 5.19. The summed E-state index contributed by atoms with van der Waals surface area (Å²) in [6, 6.07) is 6.87. The second-order valence-electron chi connectivity index (χ2n) is 6.37. The quantitative estimate of drug-likeness (QED) is 0.906. The van der Waals surface area contributed by atoms with Crippen molar-refractivity contribution in [1.29, 1.82) is 0 Å². The fourth-order valence-electron chi connectivity index (χ4n) is 2.97. The molecule has 1 aromatic carbocycles. The molecule has 0 saturated carbocycles. The number of hydrogen-bond donors (Lipinski definition) is 1. The smallest absolute Gasteiger partial charge is 0.123 e. The van der Waals surface area contributed by atoms with Crippen LogP contribution in [0.2, 0.25) is 0 Å². The molecule has 1 fully saturated rings. The molecule has 19 heavy (non-hydrogen) atoms. The highest BCUT2D eigenvalue weighted by Crippen LogP contribution is 2.30. The average molecular weight is 264 g/mol. The Morgan fingerprint density at radius 2 is 1.95 bits per heavy atom. The fourth-order valence-corrected chi connectivity index (χ4v) is 2.97. The van der Waals surface area contributed by atoms with Crippen molar-refractivity contribution in [2.75, 3.05) is 19.6 Å². The molecule has 0 bridgehead atoms. The first kappa shape index (κ1) is 14.5.